The molecule has 134 valence electrons. The third-order valence-electron chi connectivity index (χ3n) is 6.29. The third kappa shape index (κ3) is 3.16. The molecule has 4 nitrogen and oxygen atoms in total. The van der Waals surface area contributed by atoms with E-state index in [0.717, 1.165) is 37.5 Å². The predicted octanol–water partition coefficient (Wildman–Crippen LogP) is 3.77. The van der Waals surface area contributed by atoms with E-state index < -0.39 is 17.8 Å². The van der Waals surface area contributed by atoms with Crippen molar-refractivity contribution in [3.8, 4) is 0 Å². The van der Waals surface area contributed by atoms with Crippen molar-refractivity contribution in [2.75, 3.05) is 5.32 Å². The van der Waals surface area contributed by atoms with Crippen LogP contribution in [0.4, 0.5) is 10.1 Å². The van der Waals surface area contributed by atoms with Crippen LogP contribution in [0, 0.1) is 35.4 Å². The fraction of sp³-hybridized carbons (Fsp3) is 0.600. The van der Waals surface area contributed by atoms with Gasteiger partial charge in [-0.3, -0.25) is 9.59 Å². The number of para-hydroxylation sites is 1. The van der Waals surface area contributed by atoms with Gasteiger partial charge < -0.3 is 10.1 Å². The molecule has 4 saturated carbocycles. The third-order valence-corrected chi connectivity index (χ3v) is 6.29. The lowest BCUT2D eigenvalue weighted by Crippen LogP contribution is -2.49. The van der Waals surface area contributed by atoms with Gasteiger partial charge >= 0.3 is 5.97 Å². The Labute approximate surface area is 147 Å². The monoisotopic (exact) mass is 345 g/mol. The SMILES string of the molecule is C[C@H](OC(=O)C1C2CC3CC(C2)CC1C3)C(=O)Nc1ccccc1F. The molecule has 5 heteroatoms. The molecule has 0 spiro atoms. The van der Waals surface area contributed by atoms with Crippen LogP contribution in [-0.4, -0.2) is 18.0 Å². The van der Waals surface area contributed by atoms with Crippen molar-refractivity contribution in [2.24, 2.45) is 29.6 Å². The minimum absolute atomic E-state index is 0.0588. The van der Waals surface area contributed by atoms with Gasteiger partial charge in [-0.1, -0.05) is 12.1 Å². The number of nitrogens with one attached hydrogen (secondary N) is 1. The molecule has 4 aliphatic rings. The first kappa shape index (κ1) is 16.6. The van der Waals surface area contributed by atoms with Crippen LogP contribution in [-0.2, 0) is 14.3 Å². The average Bonchev–Trinajstić information content (AvgIpc) is 2.55. The van der Waals surface area contributed by atoms with E-state index in [1.165, 1.54) is 18.6 Å². The van der Waals surface area contributed by atoms with Crippen LogP contribution in [0.1, 0.15) is 39.0 Å². The summed E-state index contributed by atoms with van der Waals surface area (Å²) < 4.78 is 19.1. The van der Waals surface area contributed by atoms with Crippen molar-refractivity contribution in [1.82, 2.24) is 0 Å². The summed E-state index contributed by atoms with van der Waals surface area (Å²) in [6.45, 7) is 1.55. The molecule has 4 fully saturated rings. The predicted molar refractivity (Wildman–Crippen MR) is 91.1 cm³/mol. The van der Waals surface area contributed by atoms with Crippen molar-refractivity contribution >= 4 is 17.6 Å². The lowest BCUT2D eigenvalue weighted by atomic mass is 9.52. The van der Waals surface area contributed by atoms with Crippen LogP contribution in [0.3, 0.4) is 0 Å². The van der Waals surface area contributed by atoms with E-state index >= 15 is 0 Å². The van der Waals surface area contributed by atoms with Crippen molar-refractivity contribution in [2.45, 2.75) is 45.1 Å². The largest absolute Gasteiger partial charge is 0.452 e. The highest BCUT2D eigenvalue weighted by Gasteiger charge is 2.51. The molecule has 0 aliphatic heterocycles. The van der Waals surface area contributed by atoms with Gasteiger partial charge in [0.15, 0.2) is 6.10 Å². The first-order valence-electron chi connectivity index (χ1n) is 9.27. The normalized spacial score (nSPS) is 33.8. The van der Waals surface area contributed by atoms with Crippen LogP contribution in [0.5, 0.6) is 0 Å². The Kier molecular flexibility index (Phi) is 4.26. The summed E-state index contributed by atoms with van der Waals surface area (Å²) in [4.78, 5) is 24.9. The van der Waals surface area contributed by atoms with Crippen LogP contribution in [0.25, 0.3) is 0 Å². The second-order valence-electron chi connectivity index (χ2n) is 8.00. The maximum Gasteiger partial charge on any atom is 0.310 e. The van der Waals surface area contributed by atoms with Gasteiger partial charge in [-0.15, -0.1) is 0 Å². The van der Waals surface area contributed by atoms with E-state index in [4.69, 9.17) is 4.74 Å². The van der Waals surface area contributed by atoms with Crippen molar-refractivity contribution in [1.29, 1.82) is 0 Å². The number of hydrogen-bond donors (Lipinski definition) is 1. The molecule has 0 unspecified atom stereocenters. The lowest BCUT2D eigenvalue weighted by Gasteiger charge is -2.53. The Hall–Kier alpha value is -1.91. The van der Waals surface area contributed by atoms with Crippen molar-refractivity contribution in [3.05, 3.63) is 30.1 Å². The quantitative estimate of drug-likeness (QED) is 0.845. The highest BCUT2D eigenvalue weighted by molar-refractivity contribution is 5.95. The van der Waals surface area contributed by atoms with Gasteiger partial charge in [0.25, 0.3) is 5.91 Å². The number of benzene rings is 1. The zero-order chi connectivity index (χ0) is 17.6. The van der Waals surface area contributed by atoms with Gasteiger partial charge in [0, 0.05) is 0 Å². The molecule has 1 aromatic rings. The molecule has 4 bridgehead atoms. The molecule has 0 aromatic heterocycles. The Morgan fingerprint density at radius 3 is 2.28 bits per heavy atom. The van der Waals surface area contributed by atoms with Gasteiger partial charge in [0.05, 0.1) is 11.6 Å². The van der Waals surface area contributed by atoms with Crippen molar-refractivity contribution < 1.29 is 18.7 Å². The number of hydrogen-bond acceptors (Lipinski definition) is 3. The molecule has 0 radical (unpaired) electrons. The fourth-order valence-corrected chi connectivity index (χ4v) is 5.41. The zero-order valence-electron chi connectivity index (χ0n) is 14.4. The minimum atomic E-state index is -0.927. The highest BCUT2D eigenvalue weighted by atomic mass is 19.1. The van der Waals surface area contributed by atoms with Crippen LogP contribution < -0.4 is 5.32 Å². The van der Waals surface area contributed by atoms with Gasteiger partial charge in [-0.05, 0) is 74.8 Å². The zero-order valence-corrected chi connectivity index (χ0v) is 14.4. The number of halogens is 1. The number of rotatable bonds is 4. The first-order valence-corrected chi connectivity index (χ1v) is 9.27. The molecule has 1 N–H and O–H groups in total. The highest BCUT2D eigenvalue weighted by Crippen LogP contribution is 2.56. The summed E-state index contributed by atoms with van der Waals surface area (Å²) in [5.74, 6) is 1.11. The molecule has 0 saturated heterocycles. The molecule has 1 amide bonds. The van der Waals surface area contributed by atoms with Crippen LogP contribution in [0.15, 0.2) is 24.3 Å². The van der Waals surface area contributed by atoms with E-state index in [0.29, 0.717) is 11.8 Å². The Bertz CT molecular complexity index is 661. The number of ether oxygens (including phenoxy) is 1. The number of amides is 1. The number of esters is 1. The van der Waals surface area contributed by atoms with Crippen LogP contribution >= 0.6 is 0 Å². The van der Waals surface area contributed by atoms with Gasteiger partial charge in [0.2, 0.25) is 0 Å². The summed E-state index contributed by atoms with van der Waals surface area (Å²) in [6.07, 6.45) is 4.91. The van der Waals surface area contributed by atoms with E-state index in [9.17, 15) is 14.0 Å². The molecule has 1 aromatic carbocycles. The van der Waals surface area contributed by atoms with E-state index in [1.54, 1.807) is 19.1 Å². The molecule has 0 heterocycles. The van der Waals surface area contributed by atoms with E-state index in [-0.39, 0.29) is 17.6 Å². The van der Waals surface area contributed by atoms with Gasteiger partial charge in [-0.25, -0.2) is 4.39 Å². The summed E-state index contributed by atoms with van der Waals surface area (Å²) in [6, 6.07) is 5.96. The maximum atomic E-state index is 13.6. The number of carbonyl (C=O) groups is 2. The Balaban J connectivity index is 1.37. The second kappa shape index (κ2) is 6.43. The second-order valence-corrected chi connectivity index (χ2v) is 8.00. The van der Waals surface area contributed by atoms with Gasteiger partial charge in [0.1, 0.15) is 5.82 Å². The Morgan fingerprint density at radius 1 is 1.08 bits per heavy atom. The van der Waals surface area contributed by atoms with E-state index in [1.807, 2.05) is 0 Å². The summed E-state index contributed by atoms with van der Waals surface area (Å²) in [7, 11) is 0. The molecule has 4 aliphatic carbocycles. The molecule has 25 heavy (non-hydrogen) atoms. The summed E-state index contributed by atoms with van der Waals surface area (Å²) in [5.41, 5.74) is 0.102. The topological polar surface area (TPSA) is 55.4 Å². The van der Waals surface area contributed by atoms with E-state index in [2.05, 4.69) is 5.32 Å². The minimum Gasteiger partial charge on any atom is -0.452 e. The maximum absolute atomic E-state index is 13.6. The van der Waals surface area contributed by atoms with Gasteiger partial charge in [-0.2, -0.15) is 0 Å². The molecule has 5 rings (SSSR count). The smallest absolute Gasteiger partial charge is 0.310 e. The molecular formula is C20H24FNO3. The average molecular weight is 345 g/mol. The molecule has 1 atom stereocenters. The number of carbonyl (C=O) groups excluding carboxylic acids is 2. The van der Waals surface area contributed by atoms with Crippen molar-refractivity contribution in [3.63, 3.8) is 0 Å². The lowest BCUT2D eigenvalue weighted by molar-refractivity contribution is -0.169. The first-order chi connectivity index (χ1) is 12.0. The standard InChI is InChI=1S/C20H24FNO3/c1-11(19(23)22-17-5-3-2-4-16(17)21)25-20(24)18-14-7-12-6-13(9-14)10-15(18)8-12/h2-5,11-15,18H,6-10H2,1H3,(H,22,23)/t11-,12?,13?,14?,15?,18?/m0/s1. The molecular weight excluding hydrogens is 321 g/mol. The Morgan fingerprint density at radius 2 is 1.68 bits per heavy atom. The number of anilines is 1. The fourth-order valence-electron chi connectivity index (χ4n) is 5.41. The summed E-state index contributed by atoms with van der Waals surface area (Å²) in [5, 5.41) is 2.49. The van der Waals surface area contributed by atoms with Crippen LogP contribution in [0.2, 0.25) is 0 Å². The summed E-state index contributed by atoms with van der Waals surface area (Å²) >= 11 is 0.